The molecule has 2 aromatic carbocycles. The monoisotopic (exact) mass is 478 g/mol. The lowest BCUT2D eigenvalue weighted by atomic mass is 10.1. The number of ether oxygens (including phenoxy) is 1. The van der Waals surface area contributed by atoms with Crippen molar-refractivity contribution < 1.29 is 19.1 Å². The third-order valence-electron chi connectivity index (χ3n) is 6.32. The minimum atomic E-state index is -0.431. The number of carbonyl (C=O) groups is 3. The minimum Gasteiger partial charge on any atom is -0.379 e. The van der Waals surface area contributed by atoms with Gasteiger partial charge in [0, 0.05) is 26.2 Å². The fourth-order valence-corrected chi connectivity index (χ4v) is 5.45. The molecule has 8 nitrogen and oxygen atoms in total. The number of aromatic nitrogens is 1. The second kappa shape index (κ2) is 9.61. The third kappa shape index (κ3) is 4.22. The van der Waals surface area contributed by atoms with Gasteiger partial charge in [0.15, 0.2) is 5.13 Å². The van der Waals surface area contributed by atoms with Crippen LogP contribution in [-0.2, 0) is 16.0 Å². The number of anilines is 1. The predicted molar refractivity (Wildman–Crippen MR) is 130 cm³/mol. The summed E-state index contributed by atoms with van der Waals surface area (Å²) in [7, 11) is 0. The predicted octanol–water partition coefficient (Wildman–Crippen LogP) is 2.82. The van der Waals surface area contributed by atoms with Crippen molar-refractivity contribution in [2.24, 2.45) is 0 Å². The summed E-state index contributed by atoms with van der Waals surface area (Å²) in [5, 5.41) is 0.589. The molecule has 2 aliphatic heterocycles. The van der Waals surface area contributed by atoms with Crippen molar-refractivity contribution in [2.75, 3.05) is 50.8 Å². The van der Waals surface area contributed by atoms with Crippen LogP contribution in [0, 0.1) is 0 Å². The topological polar surface area (TPSA) is 83.0 Å². The fraction of sp³-hybridized carbons (Fsp3) is 0.360. The average molecular weight is 479 g/mol. The second-order valence-electron chi connectivity index (χ2n) is 8.36. The van der Waals surface area contributed by atoms with Crippen LogP contribution in [-0.4, -0.2) is 78.4 Å². The number of nitrogens with zero attached hydrogens (tertiary/aromatic N) is 4. The maximum absolute atomic E-state index is 13.5. The Morgan fingerprint density at radius 3 is 2.44 bits per heavy atom. The maximum Gasteiger partial charge on any atom is 0.262 e. The van der Waals surface area contributed by atoms with E-state index >= 15 is 0 Å². The molecule has 34 heavy (non-hydrogen) atoms. The Bertz CT molecular complexity index is 1220. The molecule has 0 N–H and O–H groups in total. The van der Waals surface area contributed by atoms with Crippen LogP contribution in [0.15, 0.2) is 42.5 Å². The van der Waals surface area contributed by atoms with E-state index in [1.165, 1.54) is 11.3 Å². The lowest BCUT2D eigenvalue weighted by Gasteiger charge is -2.29. The molecule has 2 aliphatic rings. The quantitative estimate of drug-likeness (QED) is 0.486. The van der Waals surface area contributed by atoms with Gasteiger partial charge in [-0.2, -0.15) is 0 Å². The van der Waals surface area contributed by atoms with Crippen LogP contribution >= 0.6 is 11.3 Å². The van der Waals surface area contributed by atoms with Crippen LogP contribution in [0.2, 0.25) is 0 Å². The normalized spacial score (nSPS) is 16.3. The molecule has 0 saturated carbocycles. The first-order chi connectivity index (χ1) is 16.6. The summed E-state index contributed by atoms with van der Waals surface area (Å²) in [6, 6.07) is 12.7. The van der Waals surface area contributed by atoms with Gasteiger partial charge in [-0.25, -0.2) is 4.98 Å². The lowest BCUT2D eigenvalue weighted by Crippen LogP contribution is -2.47. The van der Waals surface area contributed by atoms with Gasteiger partial charge in [0.25, 0.3) is 11.8 Å². The molecule has 0 unspecified atom stereocenters. The van der Waals surface area contributed by atoms with E-state index in [1.807, 2.05) is 18.2 Å². The molecule has 3 amide bonds. The van der Waals surface area contributed by atoms with Gasteiger partial charge in [0.05, 0.1) is 34.6 Å². The summed E-state index contributed by atoms with van der Waals surface area (Å²) in [5.41, 5.74) is 2.70. The van der Waals surface area contributed by atoms with Crippen LogP contribution < -0.4 is 4.90 Å². The van der Waals surface area contributed by atoms with Crippen LogP contribution in [0.3, 0.4) is 0 Å². The molecule has 1 aromatic heterocycles. The number of morpholine rings is 1. The summed E-state index contributed by atoms with van der Waals surface area (Å²) in [4.78, 5) is 48.9. The SMILES string of the molecule is CCc1cccc2sc(N(CCN3CCOCC3)C(=O)CN3C(=O)c4ccccc4C3=O)nc12. The average Bonchev–Trinajstić information content (AvgIpc) is 3.40. The van der Waals surface area contributed by atoms with E-state index in [0.717, 1.165) is 40.2 Å². The molecule has 0 atom stereocenters. The first-order valence-corrected chi connectivity index (χ1v) is 12.3. The number of imide groups is 1. The van der Waals surface area contributed by atoms with E-state index in [1.54, 1.807) is 29.2 Å². The van der Waals surface area contributed by atoms with Crippen molar-refractivity contribution in [3.63, 3.8) is 0 Å². The van der Waals surface area contributed by atoms with Gasteiger partial charge in [-0.05, 0) is 30.2 Å². The zero-order chi connectivity index (χ0) is 23.7. The molecule has 5 rings (SSSR count). The largest absolute Gasteiger partial charge is 0.379 e. The van der Waals surface area contributed by atoms with Crippen molar-refractivity contribution in [3.8, 4) is 0 Å². The number of rotatable bonds is 7. The van der Waals surface area contributed by atoms with Crippen LogP contribution in [0.25, 0.3) is 10.2 Å². The van der Waals surface area contributed by atoms with Gasteiger partial charge in [-0.15, -0.1) is 0 Å². The zero-order valence-electron chi connectivity index (χ0n) is 19.0. The van der Waals surface area contributed by atoms with E-state index in [-0.39, 0.29) is 12.5 Å². The molecule has 1 fully saturated rings. The zero-order valence-corrected chi connectivity index (χ0v) is 19.8. The molecule has 176 valence electrons. The number of para-hydroxylation sites is 1. The summed E-state index contributed by atoms with van der Waals surface area (Å²) in [6.07, 6.45) is 0.845. The number of hydrogen-bond donors (Lipinski definition) is 0. The Labute approximate surface area is 201 Å². The highest BCUT2D eigenvalue weighted by molar-refractivity contribution is 7.22. The lowest BCUT2D eigenvalue weighted by molar-refractivity contribution is -0.119. The summed E-state index contributed by atoms with van der Waals surface area (Å²) in [5.74, 6) is -1.18. The number of hydrogen-bond acceptors (Lipinski definition) is 7. The van der Waals surface area contributed by atoms with E-state index in [4.69, 9.17) is 9.72 Å². The van der Waals surface area contributed by atoms with Gasteiger partial charge in [-0.3, -0.25) is 29.1 Å². The first-order valence-electron chi connectivity index (χ1n) is 11.5. The first kappa shape index (κ1) is 22.6. The number of benzene rings is 2. The highest BCUT2D eigenvalue weighted by Gasteiger charge is 2.37. The van der Waals surface area contributed by atoms with Crippen molar-refractivity contribution in [3.05, 3.63) is 59.2 Å². The molecule has 0 bridgehead atoms. The molecule has 9 heteroatoms. The maximum atomic E-state index is 13.5. The molecule has 0 radical (unpaired) electrons. The van der Waals surface area contributed by atoms with Gasteiger partial charge < -0.3 is 4.74 Å². The van der Waals surface area contributed by atoms with Crippen LogP contribution in [0.1, 0.15) is 33.2 Å². The second-order valence-corrected chi connectivity index (χ2v) is 9.36. The molecule has 0 spiro atoms. The van der Waals surface area contributed by atoms with Crippen LogP contribution in [0.4, 0.5) is 5.13 Å². The molecule has 3 aromatic rings. The highest BCUT2D eigenvalue weighted by Crippen LogP contribution is 2.31. The number of amides is 3. The Morgan fingerprint density at radius 2 is 1.76 bits per heavy atom. The Hall–Kier alpha value is -3.14. The Balaban J connectivity index is 1.41. The van der Waals surface area contributed by atoms with Crippen molar-refractivity contribution >= 4 is 44.4 Å². The van der Waals surface area contributed by atoms with Gasteiger partial charge >= 0.3 is 0 Å². The van der Waals surface area contributed by atoms with Crippen molar-refractivity contribution in [1.29, 1.82) is 0 Å². The molecular formula is C25H26N4O4S. The summed E-state index contributed by atoms with van der Waals surface area (Å²) in [6.45, 7) is 5.80. The molecule has 1 saturated heterocycles. The highest BCUT2D eigenvalue weighted by atomic mass is 32.1. The van der Waals surface area contributed by atoms with Gasteiger partial charge in [0.2, 0.25) is 5.91 Å². The fourth-order valence-electron chi connectivity index (χ4n) is 4.39. The van der Waals surface area contributed by atoms with Crippen molar-refractivity contribution in [1.82, 2.24) is 14.8 Å². The number of carbonyl (C=O) groups excluding carboxylic acids is 3. The van der Waals surface area contributed by atoms with E-state index in [9.17, 15) is 14.4 Å². The molecular weight excluding hydrogens is 452 g/mol. The van der Waals surface area contributed by atoms with Gasteiger partial charge in [0.1, 0.15) is 6.54 Å². The van der Waals surface area contributed by atoms with Crippen LogP contribution in [0.5, 0.6) is 0 Å². The number of aryl methyl sites for hydroxylation is 1. The summed E-state index contributed by atoms with van der Waals surface area (Å²) >= 11 is 1.46. The Morgan fingerprint density at radius 1 is 1.06 bits per heavy atom. The third-order valence-corrected chi connectivity index (χ3v) is 7.36. The number of thiazole rings is 1. The van der Waals surface area contributed by atoms with E-state index in [2.05, 4.69) is 11.8 Å². The van der Waals surface area contributed by atoms with E-state index in [0.29, 0.717) is 42.6 Å². The minimum absolute atomic E-state index is 0.313. The standard InChI is InChI=1S/C25H26N4O4S/c1-2-17-6-5-9-20-22(17)26-25(34-20)28(11-10-27-12-14-33-15-13-27)21(30)16-29-23(31)18-7-3-4-8-19(18)24(29)32/h3-9H,2,10-16H2,1H3. The molecule has 0 aliphatic carbocycles. The summed E-state index contributed by atoms with van der Waals surface area (Å²) < 4.78 is 6.45. The molecule has 3 heterocycles. The van der Waals surface area contributed by atoms with Gasteiger partial charge in [-0.1, -0.05) is 42.5 Å². The smallest absolute Gasteiger partial charge is 0.262 e. The number of fused-ring (bicyclic) bond motifs is 2. The van der Waals surface area contributed by atoms with E-state index < -0.39 is 11.8 Å². The van der Waals surface area contributed by atoms with Crippen molar-refractivity contribution in [2.45, 2.75) is 13.3 Å². The Kier molecular flexibility index (Phi) is 6.40.